The van der Waals surface area contributed by atoms with Gasteiger partial charge in [0.15, 0.2) is 6.54 Å². The number of anilines is 2. The topological polar surface area (TPSA) is 53.9 Å². The van der Waals surface area contributed by atoms with Gasteiger partial charge in [-0.05, 0) is 37.4 Å². The fraction of sp³-hybridized carbons (Fsp3) is 0.400. The van der Waals surface area contributed by atoms with Gasteiger partial charge in [0.25, 0.3) is 5.91 Å². The smallest absolute Gasteiger partial charge is 0.283 e. The third-order valence-electron chi connectivity index (χ3n) is 5.51. The number of nitrogens with zero attached hydrogens (tertiary/aromatic N) is 1. The van der Waals surface area contributed by atoms with Crippen LogP contribution in [0.25, 0.3) is 0 Å². The number of hydrogen-bond acceptors (Lipinski definition) is 3. The summed E-state index contributed by atoms with van der Waals surface area (Å²) < 4.78 is 0. The first kappa shape index (κ1) is 17.2. The highest BCUT2D eigenvalue weighted by atomic mass is 32.1. The molecule has 6 heteroatoms. The Balaban J connectivity index is 1.62. The number of para-hydroxylation sites is 2. The number of carbonyl (C=O) groups excluding carboxylic acids is 2. The van der Waals surface area contributed by atoms with Gasteiger partial charge in [-0.25, -0.2) is 0 Å². The number of likely N-dealkylation sites (tertiary alicyclic amines) is 1. The molecule has 1 saturated heterocycles. The van der Waals surface area contributed by atoms with Crippen LogP contribution in [-0.2, 0) is 9.59 Å². The molecule has 1 aromatic heterocycles. The van der Waals surface area contributed by atoms with Crippen molar-refractivity contribution in [3.63, 3.8) is 0 Å². The van der Waals surface area contributed by atoms with E-state index in [-0.39, 0.29) is 11.8 Å². The molecule has 1 fully saturated rings. The molecule has 0 spiro atoms. The number of benzene rings is 1. The Morgan fingerprint density at radius 2 is 2.12 bits per heavy atom. The molecular formula is C20H24N3O2S+. The molecular weight excluding hydrogens is 346 g/mol. The van der Waals surface area contributed by atoms with Gasteiger partial charge in [-0.2, -0.15) is 0 Å². The van der Waals surface area contributed by atoms with Gasteiger partial charge in [0, 0.05) is 12.8 Å². The van der Waals surface area contributed by atoms with Crippen LogP contribution in [0.5, 0.6) is 0 Å². The van der Waals surface area contributed by atoms with Gasteiger partial charge < -0.3 is 10.2 Å². The molecule has 0 saturated carbocycles. The average Bonchev–Trinajstić information content (AvgIpc) is 3.26. The zero-order valence-electron chi connectivity index (χ0n) is 15.1. The molecule has 0 radical (unpaired) electrons. The van der Waals surface area contributed by atoms with Gasteiger partial charge in [0.05, 0.1) is 22.8 Å². The summed E-state index contributed by atoms with van der Waals surface area (Å²) in [4.78, 5) is 30.2. The first-order chi connectivity index (χ1) is 12.5. The van der Waals surface area contributed by atoms with Crippen LogP contribution in [0, 0.1) is 0 Å². The highest BCUT2D eigenvalue weighted by molar-refractivity contribution is 7.10. The Hall–Kier alpha value is -2.18. The summed E-state index contributed by atoms with van der Waals surface area (Å²) in [6, 6.07) is 12.2. The third-order valence-corrected chi connectivity index (χ3v) is 6.49. The van der Waals surface area contributed by atoms with E-state index >= 15 is 0 Å². The standard InChI is InChI=1S/C20H23N3O2S/c1-20(2)19(25)21-14-7-3-4-8-15(14)23(20)18(24)13-22-11-5-9-16(22)17-10-6-12-26-17/h3-4,6-8,10,12,16H,5,9,11,13H2,1-2H3,(H,21,25)/p+1/t16-/m1/s1. The highest BCUT2D eigenvalue weighted by Gasteiger charge is 2.45. The summed E-state index contributed by atoms with van der Waals surface area (Å²) in [7, 11) is 0. The molecule has 5 nitrogen and oxygen atoms in total. The van der Waals surface area contributed by atoms with Gasteiger partial charge in [0.1, 0.15) is 11.6 Å². The summed E-state index contributed by atoms with van der Waals surface area (Å²) in [6.45, 7) is 5.03. The van der Waals surface area contributed by atoms with Gasteiger partial charge in [-0.15, -0.1) is 11.3 Å². The lowest BCUT2D eigenvalue weighted by Crippen LogP contribution is -3.11. The molecule has 26 heavy (non-hydrogen) atoms. The van der Waals surface area contributed by atoms with E-state index in [0.717, 1.165) is 25.1 Å². The maximum atomic E-state index is 13.3. The van der Waals surface area contributed by atoms with E-state index in [1.54, 1.807) is 16.2 Å². The monoisotopic (exact) mass is 370 g/mol. The largest absolute Gasteiger partial charge is 0.322 e. The lowest BCUT2D eigenvalue weighted by molar-refractivity contribution is -0.910. The second-order valence-corrected chi connectivity index (χ2v) is 8.53. The molecule has 3 heterocycles. The minimum atomic E-state index is -0.900. The van der Waals surface area contributed by atoms with E-state index in [2.05, 4.69) is 22.8 Å². The number of carbonyl (C=O) groups is 2. The summed E-state index contributed by atoms with van der Waals surface area (Å²) in [5.41, 5.74) is 0.591. The first-order valence-corrected chi connectivity index (χ1v) is 9.98. The second-order valence-electron chi connectivity index (χ2n) is 7.55. The van der Waals surface area contributed by atoms with Crippen LogP contribution in [-0.4, -0.2) is 30.4 Å². The average molecular weight is 370 g/mol. The Kier molecular flexibility index (Phi) is 4.32. The van der Waals surface area contributed by atoms with Crippen LogP contribution in [0.2, 0.25) is 0 Å². The van der Waals surface area contributed by atoms with E-state index in [1.165, 1.54) is 9.78 Å². The molecule has 2 amide bonds. The van der Waals surface area contributed by atoms with Crippen molar-refractivity contribution in [2.24, 2.45) is 0 Å². The summed E-state index contributed by atoms with van der Waals surface area (Å²) in [5.74, 6) is -0.133. The Bertz CT molecular complexity index is 831. The molecule has 0 bridgehead atoms. The highest BCUT2D eigenvalue weighted by Crippen LogP contribution is 2.36. The van der Waals surface area contributed by atoms with E-state index in [0.29, 0.717) is 18.3 Å². The molecule has 2 aliphatic heterocycles. The molecule has 4 rings (SSSR count). The molecule has 1 aromatic carbocycles. The minimum absolute atomic E-state index is 0.00996. The molecule has 2 atom stereocenters. The van der Waals surface area contributed by atoms with Crippen molar-refractivity contribution in [1.29, 1.82) is 0 Å². The van der Waals surface area contributed by atoms with Gasteiger partial charge >= 0.3 is 0 Å². The predicted molar refractivity (Wildman–Crippen MR) is 104 cm³/mol. The molecule has 136 valence electrons. The molecule has 0 aliphatic carbocycles. The lowest BCUT2D eigenvalue weighted by atomic mass is 9.96. The SMILES string of the molecule is CC1(C)C(=O)Nc2ccccc2N1C(=O)C[NH+]1CCC[C@@H]1c1cccs1. The van der Waals surface area contributed by atoms with Crippen LogP contribution in [0.3, 0.4) is 0 Å². The van der Waals surface area contributed by atoms with Crippen molar-refractivity contribution < 1.29 is 14.5 Å². The van der Waals surface area contributed by atoms with Crippen LogP contribution in [0.4, 0.5) is 11.4 Å². The van der Waals surface area contributed by atoms with Gasteiger partial charge in [-0.3, -0.25) is 14.5 Å². The second kappa shape index (κ2) is 6.52. The van der Waals surface area contributed by atoms with Crippen molar-refractivity contribution in [2.45, 2.75) is 38.3 Å². The summed E-state index contributed by atoms with van der Waals surface area (Å²) in [6.07, 6.45) is 2.25. The zero-order chi connectivity index (χ0) is 18.3. The number of rotatable bonds is 3. The Morgan fingerprint density at radius 1 is 1.31 bits per heavy atom. The van der Waals surface area contributed by atoms with Crippen molar-refractivity contribution in [2.75, 3.05) is 23.3 Å². The quantitative estimate of drug-likeness (QED) is 0.871. The predicted octanol–water partition coefficient (Wildman–Crippen LogP) is 2.23. The summed E-state index contributed by atoms with van der Waals surface area (Å²) in [5, 5.41) is 5.02. The first-order valence-electron chi connectivity index (χ1n) is 9.10. The number of fused-ring (bicyclic) bond motifs is 1. The fourth-order valence-electron chi connectivity index (χ4n) is 4.13. The fourth-order valence-corrected chi connectivity index (χ4v) is 5.05. The number of quaternary nitrogens is 1. The van der Waals surface area contributed by atoms with E-state index < -0.39 is 5.54 Å². The Labute approximate surface area is 157 Å². The lowest BCUT2D eigenvalue weighted by Gasteiger charge is -2.42. The molecule has 1 unspecified atom stereocenters. The van der Waals surface area contributed by atoms with E-state index in [4.69, 9.17) is 0 Å². The van der Waals surface area contributed by atoms with Crippen LogP contribution in [0.1, 0.15) is 37.6 Å². The van der Waals surface area contributed by atoms with Gasteiger partial charge in [0.2, 0.25) is 5.91 Å². The van der Waals surface area contributed by atoms with Crippen molar-refractivity contribution >= 4 is 34.5 Å². The van der Waals surface area contributed by atoms with Crippen molar-refractivity contribution in [1.82, 2.24) is 0 Å². The van der Waals surface area contributed by atoms with Crippen LogP contribution in [0.15, 0.2) is 41.8 Å². The van der Waals surface area contributed by atoms with Crippen LogP contribution >= 0.6 is 11.3 Å². The normalized spacial score (nSPS) is 24.2. The summed E-state index contributed by atoms with van der Waals surface area (Å²) >= 11 is 1.77. The zero-order valence-corrected chi connectivity index (χ0v) is 15.9. The van der Waals surface area contributed by atoms with Gasteiger partial charge in [-0.1, -0.05) is 18.2 Å². The number of nitrogens with one attached hydrogen (secondary N) is 2. The molecule has 2 N–H and O–H groups in total. The molecule has 2 aliphatic rings. The van der Waals surface area contributed by atoms with E-state index in [1.807, 2.05) is 38.1 Å². The molecule has 2 aromatic rings. The number of hydrogen-bond donors (Lipinski definition) is 2. The minimum Gasteiger partial charge on any atom is -0.322 e. The third kappa shape index (κ3) is 2.83. The van der Waals surface area contributed by atoms with E-state index in [9.17, 15) is 9.59 Å². The number of thiophene rings is 1. The van der Waals surface area contributed by atoms with Crippen molar-refractivity contribution in [3.05, 3.63) is 46.7 Å². The Morgan fingerprint density at radius 3 is 2.88 bits per heavy atom. The van der Waals surface area contributed by atoms with Crippen LogP contribution < -0.4 is 15.1 Å². The number of amides is 2. The maximum absolute atomic E-state index is 13.3. The van der Waals surface area contributed by atoms with Crippen molar-refractivity contribution in [3.8, 4) is 0 Å². The maximum Gasteiger partial charge on any atom is 0.283 e.